The van der Waals surface area contributed by atoms with Gasteiger partial charge in [0.2, 0.25) is 0 Å². The van der Waals surface area contributed by atoms with Crippen LogP contribution in [0.15, 0.2) is 4.99 Å². The molecule has 2 aliphatic rings. The fourth-order valence-electron chi connectivity index (χ4n) is 2.67. The number of rotatable bonds is 3. The van der Waals surface area contributed by atoms with Crippen molar-refractivity contribution in [2.75, 3.05) is 13.2 Å². The zero-order chi connectivity index (χ0) is 11.9. The molecule has 5 heteroatoms. The highest BCUT2D eigenvalue weighted by molar-refractivity contribution is 14.0. The van der Waals surface area contributed by atoms with Gasteiger partial charge in [0.25, 0.3) is 0 Å². The summed E-state index contributed by atoms with van der Waals surface area (Å²) in [5.74, 6) is 0.604. The molecule has 4 nitrogen and oxygen atoms in total. The van der Waals surface area contributed by atoms with Gasteiger partial charge in [0.05, 0.1) is 12.6 Å². The highest BCUT2D eigenvalue weighted by Gasteiger charge is 2.15. The molecule has 1 aliphatic carbocycles. The average Bonchev–Trinajstić information content (AvgIpc) is 2.72. The third-order valence-corrected chi connectivity index (χ3v) is 3.70. The molecule has 1 saturated carbocycles. The van der Waals surface area contributed by atoms with Crippen LogP contribution in [0.5, 0.6) is 0 Å². The lowest BCUT2D eigenvalue weighted by molar-refractivity contribution is 0.117. The van der Waals surface area contributed by atoms with Gasteiger partial charge in [-0.1, -0.05) is 25.7 Å². The van der Waals surface area contributed by atoms with E-state index in [0.29, 0.717) is 24.7 Å². The molecule has 0 aromatic rings. The summed E-state index contributed by atoms with van der Waals surface area (Å²) < 4.78 is 5.52. The van der Waals surface area contributed by atoms with Crippen LogP contribution in [0.2, 0.25) is 0 Å². The topological polar surface area (TPSA) is 59.6 Å². The monoisotopic (exact) mass is 367 g/mol. The summed E-state index contributed by atoms with van der Waals surface area (Å²) in [4.78, 5) is 4.39. The second kappa shape index (κ2) is 8.96. The number of halogens is 1. The van der Waals surface area contributed by atoms with Gasteiger partial charge in [-0.2, -0.15) is 0 Å². The number of guanidine groups is 1. The van der Waals surface area contributed by atoms with Crippen LogP contribution in [0, 0.1) is 0 Å². The van der Waals surface area contributed by atoms with Gasteiger partial charge in [-0.3, -0.25) is 4.99 Å². The largest absolute Gasteiger partial charge is 0.376 e. The van der Waals surface area contributed by atoms with E-state index in [1.807, 2.05) is 0 Å². The number of nitrogens with one attached hydrogen (secondary N) is 1. The molecule has 2 fully saturated rings. The van der Waals surface area contributed by atoms with Crippen LogP contribution in [0.1, 0.15) is 51.4 Å². The first kappa shape index (κ1) is 16.0. The number of hydrogen-bond donors (Lipinski definition) is 2. The van der Waals surface area contributed by atoms with Crippen molar-refractivity contribution < 1.29 is 4.74 Å². The van der Waals surface area contributed by atoms with Crippen LogP contribution >= 0.6 is 24.0 Å². The van der Waals surface area contributed by atoms with Gasteiger partial charge in [0, 0.05) is 12.6 Å². The second-order valence-corrected chi connectivity index (χ2v) is 5.19. The molecule has 0 radical (unpaired) electrons. The standard InChI is InChI=1S/C13H25N3O.HI/c14-13(15-10-12-8-5-9-17-12)16-11-6-3-1-2-4-7-11;/h11-12H,1-10H2,(H3,14,15,16);1H. The van der Waals surface area contributed by atoms with Gasteiger partial charge in [0.1, 0.15) is 0 Å². The molecule has 3 N–H and O–H groups in total. The molecular formula is C13H26IN3O. The number of nitrogens with two attached hydrogens (primary N) is 1. The molecule has 1 heterocycles. The maximum absolute atomic E-state index is 5.92. The van der Waals surface area contributed by atoms with Crippen molar-refractivity contribution in [2.45, 2.75) is 63.5 Å². The predicted molar refractivity (Wildman–Crippen MR) is 85.5 cm³/mol. The highest BCUT2D eigenvalue weighted by atomic mass is 127. The van der Waals surface area contributed by atoms with Crippen LogP contribution in [0.25, 0.3) is 0 Å². The molecule has 1 aliphatic heterocycles. The SMILES string of the molecule is I.NC(=NCC1CCCO1)NC1CCCCCC1. The minimum Gasteiger partial charge on any atom is -0.376 e. The molecule has 0 spiro atoms. The second-order valence-electron chi connectivity index (χ2n) is 5.19. The van der Waals surface area contributed by atoms with E-state index in [-0.39, 0.29) is 24.0 Å². The van der Waals surface area contributed by atoms with Gasteiger partial charge in [0.15, 0.2) is 5.96 Å². The molecule has 1 atom stereocenters. The summed E-state index contributed by atoms with van der Waals surface area (Å²) in [6.07, 6.45) is 10.4. The van der Waals surface area contributed by atoms with Crippen molar-refractivity contribution in [1.82, 2.24) is 5.32 Å². The Morgan fingerprint density at radius 1 is 1.11 bits per heavy atom. The first-order valence-electron chi connectivity index (χ1n) is 7.02. The van der Waals surface area contributed by atoms with Gasteiger partial charge in [-0.05, 0) is 25.7 Å². The third-order valence-electron chi connectivity index (χ3n) is 3.70. The van der Waals surface area contributed by atoms with Gasteiger partial charge in [-0.15, -0.1) is 24.0 Å². The van der Waals surface area contributed by atoms with Crippen molar-refractivity contribution in [3.8, 4) is 0 Å². The van der Waals surface area contributed by atoms with E-state index in [2.05, 4.69) is 10.3 Å². The summed E-state index contributed by atoms with van der Waals surface area (Å²) >= 11 is 0. The molecule has 2 rings (SSSR count). The summed E-state index contributed by atoms with van der Waals surface area (Å²) in [7, 11) is 0. The Morgan fingerprint density at radius 2 is 1.83 bits per heavy atom. The maximum Gasteiger partial charge on any atom is 0.188 e. The molecule has 1 unspecified atom stereocenters. The Labute approximate surface area is 127 Å². The predicted octanol–water partition coefficient (Wildman–Crippen LogP) is 2.41. The lowest BCUT2D eigenvalue weighted by Gasteiger charge is -2.17. The first-order chi connectivity index (χ1) is 8.34. The summed E-state index contributed by atoms with van der Waals surface area (Å²) in [5.41, 5.74) is 5.92. The lowest BCUT2D eigenvalue weighted by atomic mass is 10.1. The van der Waals surface area contributed by atoms with E-state index in [0.717, 1.165) is 19.4 Å². The maximum atomic E-state index is 5.92. The van der Waals surface area contributed by atoms with Gasteiger partial charge in [-0.25, -0.2) is 0 Å². The van der Waals surface area contributed by atoms with E-state index in [4.69, 9.17) is 10.5 Å². The normalized spacial score (nSPS) is 26.4. The van der Waals surface area contributed by atoms with Crippen LogP contribution in [0.4, 0.5) is 0 Å². The molecule has 0 amide bonds. The molecular weight excluding hydrogens is 341 g/mol. The number of hydrogen-bond acceptors (Lipinski definition) is 2. The number of ether oxygens (including phenoxy) is 1. The Bertz CT molecular complexity index is 247. The third kappa shape index (κ3) is 5.73. The zero-order valence-electron chi connectivity index (χ0n) is 11.1. The smallest absolute Gasteiger partial charge is 0.188 e. The Balaban J connectivity index is 0.00000162. The van der Waals surface area contributed by atoms with E-state index < -0.39 is 0 Å². The summed E-state index contributed by atoms with van der Waals surface area (Å²) in [6.45, 7) is 1.60. The first-order valence-corrected chi connectivity index (χ1v) is 7.02. The highest BCUT2D eigenvalue weighted by Crippen LogP contribution is 2.17. The van der Waals surface area contributed by atoms with Crippen LogP contribution < -0.4 is 11.1 Å². The van der Waals surface area contributed by atoms with Crippen molar-refractivity contribution in [3.05, 3.63) is 0 Å². The van der Waals surface area contributed by atoms with E-state index in [9.17, 15) is 0 Å². The molecule has 18 heavy (non-hydrogen) atoms. The average molecular weight is 367 g/mol. The molecule has 106 valence electrons. The number of aliphatic imine (C=N–C) groups is 1. The summed E-state index contributed by atoms with van der Waals surface area (Å²) in [5, 5.41) is 3.35. The van der Waals surface area contributed by atoms with E-state index in [1.165, 1.54) is 38.5 Å². The minimum absolute atomic E-state index is 0. The van der Waals surface area contributed by atoms with E-state index >= 15 is 0 Å². The van der Waals surface area contributed by atoms with Gasteiger partial charge >= 0.3 is 0 Å². The summed E-state index contributed by atoms with van der Waals surface area (Å²) in [6, 6.07) is 0.533. The Hall–Kier alpha value is -0.0400. The van der Waals surface area contributed by atoms with Crippen molar-refractivity contribution in [2.24, 2.45) is 10.7 Å². The molecule has 0 bridgehead atoms. The Morgan fingerprint density at radius 3 is 2.44 bits per heavy atom. The minimum atomic E-state index is 0. The lowest BCUT2D eigenvalue weighted by Crippen LogP contribution is -2.40. The van der Waals surface area contributed by atoms with Crippen LogP contribution in [0.3, 0.4) is 0 Å². The molecule has 1 saturated heterocycles. The zero-order valence-corrected chi connectivity index (χ0v) is 13.4. The van der Waals surface area contributed by atoms with Crippen LogP contribution in [-0.2, 0) is 4.74 Å². The fraction of sp³-hybridized carbons (Fsp3) is 0.923. The Kier molecular flexibility index (Phi) is 7.97. The number of nitrogens with zero attached hydrogens (tertiary/aromatic N) is 1. The van der Waals surface area contributed by atoms with Crippen molar-refractivity contribution >= 4 is 29.9 Å². The van der Waals surface area contributed by atoms with Crippen molar-refractivity contribution in [3.63, 3.8) is 0 Å². The van der Waals surface area contributed by atoms with Gasteiger partial charge < -0.3 is 15.8 Å². The molecule has 0 aromatic carbocycles. The van der Waals surface area contributed by atoms with Crippen LogP contribution in [-0.4, -0.2) is 31.3 Å². The van der Waals surface area contributed by atoms with E-state index in [1.54, 1.807) is 0 Å². The van der Waals surface area contributed by atoms with Crippen molar-refractivity contribution in [1.29, 1.82) is 0 Å². The fourth-order valence-corrected chi connectivity index (χ4v) is 2.67. The quantitative estimate of drug-likeness (QED) is 0.349. The molecule has 0 aromatic heterocycles.